The molecule has 1 aromatic carbocycles. The van der Waals surface area contributed by atoms with Crippen LogP contribution >= 0.6 is 28.6 Å². The third-order valence-corrected chi connectivity index (χ3v) is 4.20. The van der Waals surface area contributed by atoms with Crippen molar-refractivity contribution in [1.82, 2.24) is 0 Å². The maximum Gasteiger partial charge on any atom is 0.133 e. The largest absolute Gasteiger partial charge is 0.492 e. The average Bonchev–Trinajstić information content (AvgIpc) is 2.97. The molecule has 1 aromatic rings. The first-order valence-electron chi connectivity index (χ1n) is 5.15. The molecule has 0 radical (unpaired) electrons. The second-order valence-electron chi connectivity index (χ2n) is 4.38. The van der Waals surface area contributed by atoms with Gasteiger partial charge in [0.15, 0.2) is 0 Å². The molecule has 0 unspecified atom stereocenters. The highest BCUT2D eigenvalue weighted by atomic mass is 79.9. The SMILES string of the molecule is Cc1ccc(OCC2(CS)CC2)c(Br)c1. The fraction of sp³-hybridized carbons (Fsp3) is 0.500. The molecule has 0 N–H and O–H groups in total. The van der Waals surface area contributed by atoms with Crippen molar-refractivity contribution in [1.29, 1.82) is 0 Å². The summed E-state index contributed by atoms with van der Waals surface area (Å²) in [6.07, 6.45) is 2.50. The van der Waals surface area contributed by atoms with E-state index < -0.39 is 0 Å². The van der Waals surface area contributed by atoms with Crippen LogP contribution in [0.4, 0.5) is 0 Å². The first-order valence-corrected chi connectivity index (χ1v) is 6.58. The lowest BCUT2D eigenvalue weighted by molar-refractivity contribution is 0.249. The van der Waals surface area contributed by atoms with Gasteiger partial charge in [-0.15, -0.1) is 0 Å². The van der Waals surface area contributed by atoms with Crippen molar-refractivity contribution >= 4 is 28.6 Å². The van der Waals surface area contributed by atoms with Crippen molar-refractivity contribution in [2.45, 2.75) is 19.8 Å². The summed E-state index contributed by atoms with van der Waals surface area (Å²) in [5, 5.41) is 0. The Morgan fingerprint density at radius 2 is 2.20 bits per heavy atom. The Hall–Kier alpha value is -0.150. The molecular formula is C12H15BrOS. The van der Waals surface area contributed by atoms with Gasteiger partial charge < -0.3 is 4.74 Å². The lowest BCUT2D eigenvalue weighted by Crippen LogP contribution is -2.14. The quantitative estimate of drug-likeness (QED) is 0.828. The number of aryl methyl sites for hydroxylation is 1. The summed E-state index contributed by atoms with van der Waals surface area (Å²) < 4.78 is 6.85. The van der Waals surface area contributed by atoms with Crippen LogP contribution in [0.5, 0.6) is 5.75 Å². The molecule has 1 fully saturated rings. The van der Waals surface area contributed by atoms with E-state index in [1.54, 1.807) is 0 Å². The van der Waals surface area contributed by atoms with Gasteiger partial charge in [0.25, 0.3) is 0 Å². The number of thiol groups is 1. The molecule has 3 heteroatoms. The van der Waals surface area contributed by atoms with E-state index in [2.05, 4.69) is 47.6 Å². The molecule has 0 heterocycles. The lowest BCUT2D eigenvalue weighted by atomic mass is 10.1. The highest BCUT2D eigenvalue weighted by Crippen LogP contribution is 2.47. The lowest BCUT2D eigenvalue weighted by Gasteiger charge is -2.14. The fourth-order valence-electron chi connectivity index (χ4n) is 1.48. The van der Waals surface area contributed by atoms with E-state index in [-0.39, 0.29) is 0 Å². The monoisotopic (exact) mass is 286 g/mol. The van der Waals surface area contributed by atoms with Gasteiger partial charge in [-0.1, -0.05) is 6.07 Å². The van der Waals surface area contributed by atoms with Gasteiger partial charge in [0, 0.05) is 5.41 Å². The summed E-state index contributed by atoms with van der Waals surface area (Å²) in [4.78, 5) is 0. The molecule has 0 atom stereocenters. The van der Waals surface area contributed by atoms with Crippen LogP contribution in [-0.2, 0) is 0 Å². The van der Waals surface area contributed by atoms with Crippen molar-refractivity contribution in [2.24, 2.45) is 5.41 Å². The molecule has 82 valence electrons. The number of halogens is 1. The normalized spacial score (nSPS) is 17.5. The molecule has 15 heavy (non-hydrogen) atoms. The van der Waals surface area contributed by atoms with Crippen molar-refractivity contribution in [2.75, 3.05) is 12.4 Å². The minimum atomic E-state index is 0.355. The van der Waals surface area contributed by atoms with Crippen LogP contribution < -0.4 is 4.74 Å². The molecule has 0 spiro atoms. The summed E-state index contributed by atoms with van der Waals surface area (Å²) in [5.74, 6) is 1.87. The average molecular weight is 287 g/mol. The fourth-order valence-corrected chi connectivity index (χ4v) is 2.49. The Labute approximate surface area is 105 Å². The summed E-state index contributed by atoms with van der Waals surface area (Å²) in [6, 6.07) is 6.17. The number of benzene rings is 1. The predicted octanol–water partition coefficient (Wildman–Crippen LogP) is 3.85. The molecule has 1 saturated carbocycles. The second-order valence-corrected chi connectivity index (χ2v) is 5.55. The van der Waals surface area contributed by atoms with Crippen LogP contribution in [-0.4, -0.2) is 12.4 Å². The highest BCUT2D eigenvalue weighted by Gasteiger charge is 2.42. The van der Waals surface area contributed by atoms with Gasteiger partial charge in [-0.3, -0.25) is 0 Å². The minimum absolute atomic E-state index is 0.355. The number of hydrogen-bond acceptors (Lipinski definition) is 2. The Morgan fingerprint density at radius 3 is 2.73 bits per heavy atom. The molecule has 0 aromatic heterocycles. The third kappa shape index (κ3) is 2.70. The Balaban J connectivity index is 1.99. The van der Waals surface area contributed by atoms with E-state index in [0.29, 0.717) is 5.41 Å². The van der Waals surface area contributed by atoms with Gasteiger partial charge in [-0.2, -0.15) is 12.6 Å². The molecule has 0 amide bonds. The Bertz CT molecular complexity index is 361. The van der Waals surface area contributed by atoms with E-state index in [4.69, 9.17) is 4.74 Å². The summed E-state index contributed by atoms with van der Waals surface area (Å²) >= 11 is 7.87. The van der Waals surface area contributed by atoms with E-state index in [9.17, 15) is 0 Å². The molecule has 1 nitrogen and oxygen atoms in total. The number of rotatable bonds is 4. The van der Waals surface area contributed by atoms with Gasteiger partial charge >= 0.3 is 0 Å². The summed E-state index contributed by atoms with van der Waals surface area (Å²) in [7, 11) is 0. The van der Waals surface area contributed by atoms with Crippen LogP contribution in [0.2, 0.25) is 0 Å². The van der Waals surface area contributed by atoms with Crippen molar-refractivity contribution in [3.63, 3.8) is 0 Å². The van der Waals surface area contributed by atoms with Crippen molar-refractivity contribution < 1.29 is 4.74 Å². The van der Waals surface area contributed by atoms with E-state index in [1.807, 2.05) is 6.07 Å². The van der Waals surface area contributed by atoms with Crippen molar-refractivity contribution in [3.05, 3.63) is 28.2 Å². The predicted molar refractivity (Wildman–Crippen MR) is 69.9 cm³/mol. The summed E-state index contributed by atoms with van der Waals surface area (Å²) in [6.45, 7) is 2.86. The standard InChI is InChI=1S/C12H15BrOS/c1-9-2-3-11(10(13)6-9)14-7-12(8-15)4-5-12/h2-3,6,15H,4-5,7-8H2,1H3. The number of hydrogen-bond donors (Lipinski definition) is 1. The van der Waals surface area contributed by atoms with Crippen LogP contribution in [0.3, 0.4) is 0 Å². The van der Waals surface area contributed by atoms with Gasteiger partial charge in [-0.05, 0) is 59.1 Å². The van der Waals surface area contributed by atoms with E-state index in [1.165, 1.54) is 18.4 Å². The molecule has 1 aliphatic rings. The molecule has 0 aliphatic heterocycles. The third-order valence-electron chi connectivity index (χ3n) is 2.91. The van der Waals surface area contributed by atoms with E-state index in [0.717, 1.165) is 22.6 Å². The first-order chi connectivity index (χ1) is 7.15. The highest BCUT2D eigenvalue weighted by molar-refractivity contribution is 9.10. The summed E-state index contributed by atoms with van der Waals surface area (Å²) in [5.41, 5.74) is 1.59. The molecular weight excluding hydrogens is 272 g/mol. The van der Waals surface area contributed by atoms with Crippen LogP contribution in [0, 0.1) is 12.3 Å². The van der Waals surface area contributed by atoms with Gasteiger partial charge in [0.2, 0.25) is 0 Å². The maximum absolute atomic E-state index is 5.81. The zero-order chi connectivity index (χ0) is 10.9. The topological polar surface area (TPSA) is 9.23 Å². The zero-order valence-electron chi connectivity index (χ0n) is 8.79. The number of ether oxygens (including phenoxy) is 1. The first kappa shape index (κ1) is 11.3. The van der Waals surface area contributed by atoms with E-state index >= 15 is 0 Å². The van der Waals surface area contributed by atoms with Crippen LogP contribution in [0.15, 0.2) is 22.7 Å². The minimum Gasteiger partial charge on any atom is -0.492 e. The van der Waals surface area contributed by atoms with Crippen molar-refractivity contribution in [3.8, 4) is 5.75 Å². The van der Waals surface area contributed by atoms with Crippen LogP contribution in [0.25, 0.3) is 0 Å². The zero-order valence-corrected chi connectivity index (χ0v) is 11.3. The van der Waals surface area contributed by atoms with Crippen LogP contribution in [0.1, 0.15) is 18.4 Å². The van der Waals surface area contributed by atoms with Gasteiger partial charge in [0.1, 0.15) is 5.75 Å². The van der Waals surface area contributed by atoms with Gasteiger partial charge in [-0.25, -0.2) is 0 Å². The van der Waals surface area contributed by atoms with Gasteiger partial charge in [0.05, 0.1) is 11.1 Å². The molecule has 0 bridgehead atoms. The maximum atomic E-state index is 5.81. The molecule has 2 rings (SSSR count). The molecule has 1 aliphatic carbocycles. The Morgan fingerprint density at radius 1 is 1.47 bits per heavy atom. The molecule has 0 saturated heterocycles. The Kier molecular flexibility index (Phi) is 3.31. The second kappa shape index (κ2) is 4.38. The smallest absolute Gasteiger partial charge is 0.133 e.